The zero-order valence-corrected chi connectivity index (χ0v) is 70.7. The number of Topliss-reactive ketones (excluding diaryl/α,β-unsaturated/α-hetero) is 3. The van der Waals surface area contributed by atoms with Crippen molar-refractivity contribution < 1.29 is 99.0 Å². The van der Waals surface area contributed by atoms with Crippen LogP contribution >= 0.6 is 15.9 Å². The minimum absolute atomic E-state index is 0. The molecule has 15 rings (SSSR count). The SMILES string of the molecule is C.CC(=O)CCO.CC(C)OC(=O)N1CC2(C1)C(=O)N(Cc1nc3c(n1CC(=O)CCO)CCCC3)c1ccccc12.CC(C)OC(=O)N1CC2(C1)C(=O)N(Cc1nc3c(n1CC(F)(F)CCF)CCCC3)c1ccccc12.CC(C)OC(=O)N1CC2(C1)C(=O)N(Cc1nc3c(n1CC(F)(F)CCF)CCCC3)c1ccccc12.O=C(CBr)CCO. The summed E-state index contributed by atoms with van der Waals surface area (Å²) in [6.45, 7) is 10.2. The molecule has 660 valence electrons. The van der Waals surface area contributed by atoms with Crippen molar-refractivity contribution in [1.82, 2.24) is 43.4 Å². The molecule has 6 amide bonds. The normalized spacial score (nSPS) is 17.1. The van der Waals surface area contributed by atoms with Gasteiger partial charge in [0, 0.05) is 119 Å². The van der Waals surface area contributed by atoms with Gasteiger partial charge >= 0.3 is 18.3 Å². The molecular weight excluding hydrogens is 1650 g/mol. The van der Waals surface area contributed by atoms with E-state index in [9.17, 15) is 74.6 Å². The molecule has 3 aromatic carbocycles. The predicted octanol–water partition coefficient (Wildman–Crippen LogP) is 12.1. The first-order chi connectivity index (χ1) is 57.2. The Morgan fingerprint density at radius 3 is 1.02 bits per heavy atom. The number of carbonyl (C=O) groups excluding carboxylic acids is 9. The molecule has 0 atom stereocenters. The zero-order valence-electron chi connectivity index (χ0n) is 69.2. The van der Waals surface area contributed by atoms with Crippen LogP contribution in [0.4, 0.5) is 57.8 Å². The Morgan fingerprint density at radius 1 is 0.455 bits per heavy atom. The van der Waals surface area contributed by atoms with Gasteiger partial charge in [0.05, 0.1) is 99.9 Å². The number of aromatic nitrogens is 6. The molecule has 121 heavy (non-hydrogen) atoms. The van der Waals surface area contributed by atoms with Crippen molar-refractivity contribution in [3.63, 3.8) is 0 Å². The fraction of sp³-hybridized carbons (Fsp3) is 0.586. The van der Waals surface area contributed by atoms with Gasteiger partial charge in [-0.2, -0.15) is 0 Å². The first kappa shape index (κ1) is 93.7. The molecule has 3 spiro atoms. The third kappa shape index (κ3) is 20.5. The fourth-order valence-corrected chi connectivity index (χ4v) is 17.4. The van der Waals surface area contributed by atoms with Gasteiger partial charge in [0.1, 0.15) is 45.3 Å². The number of nitrogens with zero attached hydrogens (tertiary/aromatic N) is 12. The van der Waals surface area contributed by atoms with E-state index in [1.54, 1.807) is 61.1 Å². The molecular formula is C87H113BrF6N12O15. The number of amides is 6. The molecule has 0 radical (unpaired) electrons. The first-order valence-electron chi connectivity index (χ1n) is 41.3. The minimum Gasteiger partial charge on any atom is -0.447 e. The largest absolute Gasteiger partial charge is 0.447 e. The lowest BCUT2D eigenvalue weighted by Gasteiger charge is -2.46. The van der Waals surface area contributed by atoms with E-state index in [-0.39, 0.29) is 159 Å². The lowest BCUT2D eigenvalue weighted by atomic mass is 9.75. The Balaban J connectivity index is 0.000000176. The molecule has 3 aromatic heterocycles. The molecule has 34 heteroatoms. The lowest BCUT2D eigenvalue weighted by Crippen LogP contribution is -2.65. The van der Waals surface area contributed by atoms with Gasteiger partial charge in [-0.3, -0.25) is 37.5 Å². The van der Waals surface area contributed by atoms with Crippen molar-refractivity contribution in [1.29, 1.82) is 0 Å². The lowest BCUT2D eigenvalue weighted by molar-refractivity contribution is -0.129. The van der Waals surface area contributed by atoms with E-state index in [1.165, 1.54) is 25.9 Å². The number of benzene rings is 3. The van der Waals surface area contributed by atoms with Crippen LogP contribution in [0, 0.1) is 0 Å². The number of imidazole rings is 3. The summed E-state index contributed by atoms with van der Waals surface area (Å²) in [4.78, 5) is 135. The van der Waals surface area contributed by atoms with E-state index in [1.807, 2.05) is 77.4 Å². The van der Waals surface area contributed by atoms with E-state index in [0.29, 0.717) is 66.3 Å². The molecule has 3 fully saturated rings. The molecule has 3 saturated heterocycles. The third-order valence-electron chi connectivity index (χ3n) is 22.9. The number of ketones is 3. The number of fused-ring (bicyclic) bond motifs is 9. The fourth-order valence-electron chi connectivity index (χ4n) is 17.2. The molecule has 9 aliphatic rings. The van der Waals surface area contributed by atoms with E-state index in [0.717, 1.165) is 108 Å². The van der Waals surface area contributed by atoms with Crippen LogP contribution in [0.5, 0.6) is 0 Å². The highest BCUT2D eigenvalue weighted by atomic mass is 79.9. The van der Waals surface area contributed by atoms with Gasteiger partial charge in [-0.15, -0.1) is 0 Å². The second kappa shape index (κ2) is 40.2. The van der Waals surface area contributed by atoms with Gasteiger partial charge in [-0.25, -0.2) is 46.9 Å². The first-order valence-corrected chi connectivity index (χ1v) is 42.5. The summed E-state index contributed by atoms with van der Waals surface area (Å²) >= 11 is 2.96. The molecule has 0 saturated carbocycles. The number of para-hydroxylation sites is 3. The number of carbonyl (C=O) groups is 9. The van der Waals surface area contributed by atoms with Crippen molar-refractivity contribution in [3.05, 3.63) is 141 Å². The van der Waals surface area contributed by atoms with Gasteiger partial charge < -0.3 is 72.6 Å². The van der Waals surface area contributed by atoms with Crippen LogP contribution in [0.25, 0.3) is 0 Å². The second-order valence-corrected chi connectivity index (χ2v) is 33.5. The van der Waals surface area contributed by atoms with Gasteiger partial charge in [0.25, 0.3) is 11.8 Å². The van der Waals surface area contributed by atoms with Crippen molar-refractivity contribution in [3.8, 4) is 0 Å². The highest BCUT2D eigenvalue weighted by Crippen LogP contribution is 2.52. The summed E-state index contributed by atoms with van der Waals surface area (Å²) in [6, 6.07) is 22.5. The van der Waals surface area contributed by atoms with Crippen molar-refractivity contribution in [2.75, 3.05) is 92.5 Å². The van der Waals surface area contributed by atoms with Crippen LogP contribution in [0.15, 0.2) is 72.8 Å². The Kier molecular flexibility index (Phi) is 31.1. The van der Waals surface area contributed by atoms with Crippen molar-refractivity contribution >= 4 is 86.3 Å². The number of rotatable bonds is 26. The quantitative estimate of drug-likeness (QED) is 0.0258. The highest BCUT2D eigenvalue weighted by Gasteiger charge is 2.63. The molecule has 3 aliphatic carbocycles. The minimum atomic E-state index is -3.21. The highest BCUT2D eigenvalue weighted by molar-refractivity contribution is 9.09. The van der Waals surface area contributed by atoms with E-state index >= 15 is 0 Å². The number of likely N-dealkylation sites (tertiary alicyclic amines) is 3. The Hall–Kier alpha value is -9.54. The standard InChI is InChI=1S/2C26H31F3N4O3.C26H32N4O5.C4H7BrO2.C4H8O2.CH4/c2*1-17(2)36-24(35)31-14-25(15-31)18-7-3-5-9-20(18)32(23(25)34)13-22-30-19-8-4-6-10-21(19)33(22)16-26(28,29)11-12-27;1-17(2)35-25(34)28-15-26(16-28)19-7-3-5-9-21(19)30(24(26)33)14-23-27-20-8-4-6-10-22(20)29(23)13-18(32)11-12-31;5-3-4(7)1-2-6;1-4(6)2-3-5;/h2*3,5,7,9,17H,4,6,8,10-16H2,1-2H3;3,5,7,9,17,31H,4,6,8,10-16H2,1-2H3;6H,1-3H2;5H,2-3H2,1H3;1H4. The summed E-state index contributed by atoms with van der Waals surface area (Å²) in [7, 11) is 0. The van der Waals surface area contributed by atoms with Crippen molar-refractivity contribution in [2.45, 2.75) is 251 Å². The third-order valence-corrected chi connectivity index (χ3v) is 23.5. The molecule has 6 aliphatic heterocycles. The number of hydrogen-bond donors (Lipinski definition) is 3. The zero-order chi connectivity index (χ0) is 86.8. The smallest absolute Gasteiger partial charge is 0.410 e. The second-order valence-electron chi connectivity index (χ2n) is 32.9. The Labute approximate surface area is 709 Å². The van der Waals surface area contributed by atoms with Crippen molar-refractivity contribution in [2.24, 2.45) is 0 Å². The molecule has 6 aromatic rings. The number of halogens is 7. The maximum absolute atomic E-state index is 14.5. The number of aryl methyl sites for hydroxylation is 3. The molecule has 27 nitrogen and oxygen atoms in total. The van der Waals surface area contributed by atoms with Crippen LogP contribution in [0.2, 0.25) is 0 Å². The average Bonchev–Trinajstić information content (AvgIpc) is 1.56. The number of alkyl halides is 7. The summed E-state index contributed by atoms with van der Waals surface area (Å²) in [5.41, 5.74) is 7.37. The molecule has 0 unspecified atom stereocenters. The summed E-state index contributed by atoms with van der Waals surface area (Å²) in [5.74, 6) is -5.35. The number of ether oxygens (including phenoxy) is 3. The van der Waals surface area contributed by atoms with Gasteiger partial charge in [0.15, 0.2) is 5.78 Å². The van der Waals surface area contributed by atoms with Gasteiger partial charge in [-0.1, -0.05) is 78.0 Å². The van der Waals surface area contributed by atoms with Crippen LogP contribution in [0.1, 0.15) is 195 Å². The van der Waals surface area contributed by atoms with Crippen LogP contribution in [0.3, 0.4) is 0 Å². The van der Waals surface area contributed by atoms with E-state index in [2.05, 4.69) is 15.9 Å². The molecule has 3 N–H and O–H groups in total. The maximum atomic E-state index is 14.5. The summed E-state index contributed by atoms with van der Waals surface area (Å²) in [6.07, 6.45) is 7.00. The topological polar surface area (TPSA) is 315 Å². The number of anilines is 3. The molecule has 9 heterocycles. The van der Waals surface area contributed by atoms with Crippen LogP contribution in [-0.4, -0.2) is 220 Å². The summed E-state index contributed by atoms with van der Waals surface area (Å²) in [5, 5.41) is 25.7. The Bertz CT molecular complexity index is 4540. The van der Waals surface area contributed by atoms with E-state index in [4.69, 9.17) is 39.4 Å². The number of hydrogen-bond acceptors (Lipinski definition) is 18. The maximum Gasteiger partial charge on any atom is 0.410 e. The monoisotopic (exact) mass is 1760 g/mol. The number of aliphatic hydroxyl groups excluding tert-OH is 3. The van der Waals surface area contributed by atoms with Crippen LogP contribution < -0.4 is 14.7 Å². The van der Waals surface area contributed by atoms with Gasteiger partial charge in [0.2, 0.25) is 17.7 Å². The number of aliphatic hydroxyl groups is 3. The predicted molar refractivity (Wildman–Crippen MR) is 442 cm³/mol. The average molecular weight is 1760 g/mol. The van der Waals surface area contributed by atoms with Gasteiger partial charge in [-0.05, 0) is 160 Å². The molecule has 0 bridgehead atoms. The van der Waals surface area contributed by atoms with E-state index < -0.39 is 85.7 Å². The summed E-state index contributed by atoms with van der Waals surface area (Å²) < 4.78 is 105. The van der Waals surface area contributed by atoms with Crippen LogP contribution in [-0.2, 0) is 137 Å². The Morgan fingerprint density at radius 2 is 0.744 bits per heavy atom.